The number of H-pyrrole nitrogens is 1. The lowest BCUT2D eigenvalue weighted by Gasteiger charge is -2.17. The fraction of sp³-hybridized carbons (Fsp3) is 0.129. The molecule has 6 rings (SSSR count). The third kappa shape index (κ3) is 5.55. The second-order valence-corrected chi connectivity index (χ2v) is 11.2. The Kier molecular flexibility index (Phi) is 7.57. The molecule has 0 saturated carbocycles. The maximum atomic E-state index is 14.0. The molecular formula is C31H24ClF2N5O2S. The standard InChI is InChI=1S/C31H24ClF2N5O2S/c32-24-13-18(3-6-22(24)31(41)39-9-1-2-10-39)23-12-19-11-17(4-7-26(19)37-29(23)35)20-14-27(30(40)36-16-20)38-42-28-8-5-21(33)15-25(28)34/h3-8,11-16,38H,1-2,9-10H2,(H2,35,37)(H,36,40). The summed E-state index contributed by atoms with van der Waals surface area (Å²) in [5, 5.41) is 1.15. The first-order chi connectivity index (χ1) is 20.3. The van der Waals surface area contributed by atoms with E-state index >= 15 is 0 Å². The van der Waals surface area contributed by atoms with E-state index in [1.165, 1.54) is 6.07 Å². The van der Waals surface area contributed by atoms with Crippen molar-refractivity contribution in [2.24, 2.45) is 0 Å². The molecule has 0 radical (unpaired) electrons. The number of carbonyl (C=O) groups excluding carboxylic acids is 1. The summed E-state index contributed by atoms with van der Waals surface area (Å²) in [5.41, 5.74) is 10.2. The maximum Gasteiger partial charge on any atom is 0.272 e. The minimum Gasteiger partial charge on any atom is -0.383 e. The van der Waals surface area contributed by atoms with Crippen LogP contribution in [0, 0.1) is 11.6 Å². The summed E-state index contributed by atoms with van der Waals surface area (Å²) in [6, 6.07) is 17.7. The molecule has 0 atom stereocenters. The molecule has 2 aromatic heterocycles. The zero-order chi connectivity index (χ0) is 29.4. The van der Waals surface area contributed by atoms with Gasteiger partial charge in [0.05, 0.1) is 21.0 Å². The van der Waals surface area contributed by atoms with Crippen LogP contribution in [0.5, 0.6) is 0 Å². The van der Waals surface area contributed by atoms with E-state index in [2.05, 4.69) is 14.7 Å². The fourth-order valence-corrected chi connectivity index (χ4v) is 5.87. The Morgan fingerprint density at radius 3 is 2.52 bits per heavy atom. The number of hydrogen-bond donors (Lipinski definition) is 3. The summed E-state index contributed by atoms with van der Waals surface area (Å²) in [6.45, 7) is 1.47. The summed E-state index contributed by atoms with van der Waals surface area (Å²) in [7, 11) is 0. The first-order valence-electron chi connectivity index (χ1n) is 13.2. The topological polar surface area (TPSA) is 104 Å². The van der Waals surface area contributed by atoms with E-state index in [9.17, 15) is 18.4 Å². The molecule has 4 N–H and O–H groups in total. The Labute approximate surface area is 248 Å². The Morgan fingerprint density at radius 1 is 0.976 bits per heavy atom. The van der Waals surface area contributed by atoms with Crippen molar-refractivity contribution in [3.8, 4) is 22.3 Å². The maximum absolute atomic E-state index is 14.0. The van der Waals surface area contributed by atoms with Gasteiger partial charge in [-0.25, -0.2) is 13.8 Å². The number of halogens is 3. The van der Waals surface area contributed by atoms with Crippen LogP contribution in [0.15, 0.2) is 82.6 Å². The number of fused-ring (bicyclic) bond motifs is 1. The predicted octanol–water partition coefficient (Wildman–Crippen LogP) is 7.13. The van der Waals surface area contributed by atoms with Crippen LogP contribution >= 0.6 is 23.5 Å². The monoisotopic (exact) mass is 603 g/mol. The van der Waals surface area contributed by atoms with Gasteiger partial charge in [-0.05, 0) is 84.4 Å². The van der Waals surface area contributed by atoms with Gasteiger partial charge in [-0.3, -0.25) is 9.59 Å². The van der Waals surface area contributed by atoms with Crippen LogP contribution in [0.4, 0.5) is 20.3 Å². The number of rotatable bonds is 6. The number of nitrogen functional groups attached to an aromatic ring is 1. The lowest BCUT2D eigenvalue weighted by atomic mass is 10.00. The number of nitrogens with two attached hydrogens (primary N) is 1. The van der Waals surface area contributed by atoms with E-state index in [1.54, 1.807) is 24.4 Å². The van der Waals surface area contributed by atoms with Crippen molar-refractivity contribution in [3.63, 3.8) is 0 Å². The van der Waals surface area contributed by atoms with Crippen molar-refractivity contribution in [1.29, 1.82) is 0 Å². The van der Waals surface area contributed by atoms with E-state index in [1.807, 2.05) is 35.2 Å². The molecule has 7 nitrogen and oxygen atoms in total. The highest BCUT2D eigenvalue weighted by atomic mass is 35.5. The molecule has 3 aromatic carbocycles. The molecule has 1 saturated heterocycles. The molecular weight excluding hydrogens is 580 g/mol. The van der Waals surface area contributed by atoms with Crippen LogP contribution in [-0.4, -0.2) is 33.9 Å². The van der Waals surface area contributed by atoms with Crippen LogP contribution in [-0.2, 0) is 0 Å². The van der Waals surface area contributed by atoms with Gasteiger partial charge >= 0.3 is 0 Å². The van der Waals surface area contributed by atoms with Crippen molar-refractivity contribution < 1.29 is 13.6 Å². The molecule has 3 heterocycles. The number of hydrogen-bond acceptors (Lipinski definition) is 6. The molecule has 0 spiro atoms. The van der Waals surface area contributed by atoms with Gasteiger partial charge in [0.1, 0.15) is 23.1 Å². The molecule has 0 aliphatic carbocycles. The van der Waals surface area contributed by atoms with E-state index in [0.717, 1.165) is 66.5 Å². The minimum atomic E-state index is -0.730. The van der Waals surface area contributed by atoms with E-state index in [-0.39, 0.29) is 16.5 Å². The summed E-state index contributed by atoms with van der Waals surface area (Å²) in [5.74, 6) is -1.16. The molecule has 0 bridgehead atoms. The number of nitrogens with one attached hydrogen (secondary N) is 2. The van der Waals surface area contributed by atoms with Gasteiger partial charge < -0.3 is 20.3 Å². The lowest BCUT2D eigenvalue weighted by Crippen LogP contribution is -2.27. The Hall–Kier alpha value is -4.41. The fourth-order valence-electron chi connectivity index (χ4n) is 4.94. The largest absolute Gasteiger partial charge is 0.383 e. The third-order valence-electron chi connectivity index (χ3n) is 7.15. The second kappa shape index (κ2) is 11.5. The lowest BCUT2D eigenvalue weighted by molar-refractivity contribution is 0.0793. The number of likely N-dealkylation sites (tertiary alicyclic amines) is 1. The van der Waals surface area contributed by atoms with Crippen molar-refractivity contribution in [2.45, 2.75) is 17.7 Å². The second-order valence-electron chi connectivity index (χ2n) is 9.93. The van der Waals surface area contributed by atoms with Crippen LogP contribution in [0.25, 0.3) is 33.2 Å². The average molecular weight is 604 g/mol. The molecule has 0 unspecified atom stereocenters. The van der Waals surface area contributed by atoms with E-state index in [4.69, 9.17) is 17.3 Å². The summed E-state index contributed by atoms with van der Waals surface area (Å²) >= 11 is 7.42. The van der Waals surface area contributed by atoms with Gasteiger partial charge in [0.15, 0.2) is 0 Å². The predicted molar refractivity (Wildman–Crippen MR) is 164 cm³/mol. The minimum absolute atomic E-state index is 0.0748. The molecule has 1 aliphatic heterocycles. The number of aromatic amines is 1. The smallest absolute Gasteiger partial charge is 0.272 e. The number of pyridine rings is 2. The van der Waals surface area contributed by atoms with Gasteiger partial charge in [-0.1, -0.05) is 23.7 Å². The quantitative estimate of drug-likeness (QED) is 0.178. The van der Waals surface area contributed by atoms with Gasteiger partial charge in [0, 0.05) is 41.9 Å². The number of benzene rings is 3. The van der Waals surface area contributed by atoms with Gasteiger partial charge in [0.2, 0.25) is 0 Å². The molecule has 1 amide bonds. The number of carbonyl (C=O) groups is 1. The molecule has 42 heavy (non-hydrogen) atoms. The number of nitrogens with zero attached hydrogens (tertiary/aromatic N) is 2. The van der Waals surface area contributed by atoms with E-state index < -0.39 is 17.2 Å². The first-order valence-corrected chi connectivity index (χ1v) is 14.4. The zero-order valence-electron chi connectivity index (χ0n) is 22.1. The Balaban J connectivity index is 1.29. The van der Waals surface area contributed by atoms with Gasteiger partial charge in [-0.2, -0.15) is 0 Å². The zero-order valence-corrected chi connectivity index (χ0v) is 23.7. The summed E-state index contributed by atoms with van der Waals surface area (Å²) in [4.78, 5) is 34.5. The van der Waals surface area contributed by atoms with Crippen molar-refractivity contribution in [1.82, 2.24) is 14.9 Å². The third-order valence-corrected chi connectivity index (χ3v) is 8.34. The van der Waals surface area contributed by atoms with E-state index in [0.29, 0.717) is 33.0 Å². The van der Waals surface area contributed by atoms with Crippen LogP contribution in [0.1, 0.15) is 23.2 Å². The van der Waals surface area contributed by atoms with Crippen molar-refractivity contribution >= 4 is 51.9 Å². The first kappa shape index (κ1) is 27.7. The van der Waals surface area contributed by atoms with Crippen LogP contribution in [0.3, 0.4) is 0 Å². The summed E-state index contributed by atoms with van der Waals surface area (Å²) < 4.78 is 30.1. The molecule has 5 aromatic rings. The molecule has 1 aliphatic rings. The van der Waals surface area contributed by atoms with Crippen molar-refractivity contribution in [2.75, 3.05) is 23.5 Å². The molecule has 11 heteroatoms. The van der Waals surface area contributed by atoms with Gasteiger partial charge in [0.25, 0.3) is 11.5 Å². The van der Waals surface area contributed by atoms with Crippen molar-refractivity contribution in [3.05, 3.63) is 106 Å². The highest BCUT2D eigenvalue weighted by Gasteiger charge is 2.22. The SMILES string of the molecule is Nc1nc2ccc(-c3c[nH]c(=O)c(NSc4ccc(F)cc4F)c3)cc2cc1-c1ccc(C(=O)N2CCCC2)c(Cl)c1. The summed E-state index contributed by atoms with van der Waals surface area (Å²) in [6.07, 6.45) is 3.57. The number of anilines is 2. The highest BCUT2D eigenvalue weighted by Crippen LogP contribution is 2.34. The average Bonchev–Trinajstić information content (AvgIpc) is 3.52. The van der Waals surface area contributed by atoms with Crippen LogP contribution in [0.2, 0.25) is 5.02 Å². The van der Waals surface area contributed by atoms with Crippen LogP contribution < -0.4 is 16.0 Å². The normalized spacial score (nSPS) is 13.1. The highest BCUT2D eigenvalue weighted by molar-refractivity contribution is 8.00. The Morgan fingerprint density at radius 2 is 1.76 bits per heavy atom. The molecule has 1 fully saturated rings. The number of amides is 1. The van der Waals surface area contributed by atoms with Gasteiger partial charge in [-0.15, -0.1) is 0 Å². The Bertz CT molecular complexity index is 1910. The molecule has 212 valence electrons. The number of aromatic nitrogens is 2.